The summed E-state index contributed by atoms with van der Waals surface area (Å²) < 4.78 is 5.31. The van der Waals surface area contributed by atoms with E-state index >= 15 is 0 Å². The third kappa shape index (κ3) is 6.38. The van der Waals surface area contributed by atoms with Crippen molar-refractivity contribution in [3.63, 3.8) is 0 Å². The van der Waals surface area contributed by atoms with Gasteiger partial charge in [0.25, 0.3) is 0 Å². The number of ether oxygens (including phenoxy) is 1. The van der Waals surface area contributed by atoms with Crippen LogP contribution in [0.15, 0.2) is 78.9 Å². The number of amides is 1. The Hall–Kier alpha value is -3.73. The predicted octanol–water partition coefficient (Wildman–Crippen LogP) is 5.11. The number of anilines is 1. The van der Waals surface area contributed by atoms with Gasteiger partial charge in [-0.05, 0) is 54.3 Å². The van der Waals surface area contributed by atoms with Crippen LogP contribution in [-0.4, -0.2) is 24.3 Å². The molecule has 0 saturated heterocycles. The normalized spacial score (nSPS) is 10.6. The number of esters is 1. The standard InChI is InChI=1S/C27H27NO4/c1-19(2)26(30)28-23-16-14-22(15-17-23)25(29)18-32-27(31)24-11-7-6-10-21(24)13-12-20-8-4-3-5-9-20/h3-11,14-17,19H,12-13,18H2,1-2H3,(H,28,30). The lowest BCUT2D eigenvalue weighted by molar-refractivity contribution is -0.118. The highest BCUT2D eigenvalue weighted by Crippen LogP contribution is 2.15. The number of Topliss-reactive ketones (excluding diaryl/α,β-unsaturated/α-hetero) is 1. The Morgan fingerprint density at radius 3 is 2.16 bits per heavy atom. The molecule has 32 heavy (non-hydrogen) atoms. The van der Waals surface area contributed by atoms with E-state index in [0.29, 0.717) is 23.2 Å². The molecule has 0 fully saturated rings. The minimum absolute atomic E-state index is 0.0936. The van der Waals surface area contributed by atoms with Crippen LogP contribution in [0.25, 0.3) is 0 Å². The summed E-state index contributed by atoms with van der Waals surface area (Å²) in [7, 11) is 0. The molecule has 1 amide bonds. The molecule has 5 heteroatoms. The number of carbonyl (C=O) groups is 3. The maximum Gasteiger partial charge on any atom is 0.338 e. The fourth-order valence-electron chi connectivity index (χ4n) is 3.18. The lowest BCUT2D eigenvalue weighted by Crippen LogP contribution is -2.18. The molecule has 0 spiro atoms. The zero-order chi connectivity index (χ0) is 22.9. The number of aryl methyl sites for hydroxylation is 2. The number of nitrogens with one attached hydrogen (secondary N) is 1. The number of rotatable bonds is 9. The van der Waals surface area contributed by atoms with Gasteiger partial charge in [0, 0.05) is 17.2 Å². The molecule has 0 unspecified atom stereocenters. The van der Waals surface area contributed by atoms with Crippen molar-refractivity contribution in [2.75, 3.05) is 11.9 Å². The van der Waals surface area contributed by atoms with Crippen LogP contribution in [0.4, 0.5) is 5.69 Å². The number of carbonyl (C=O) groups excluding carboxylic acids is 3. The number of hydrogen-bond donors (Lipinski definition) is 1. The van der Waals surface area contributed by atoms with Crippen LogP contribution >= 0.6 is 0 Å². The zero-order valence-corrected chi connectivity index (χ0v) is 18.3. The van der Waals surface area contributed by atoms with E-state index in [9.17, 15) is 14.4 Å². The maximum absolute atomic E-state index is 12.6. The third-order valence-corrected chi connectivity index (χ3v) is 5.10. The quantitative estimate of drug-likeness (QED) is 0.379. The summed E-state index contributed by atoms with van der Waals surface area (Å²) in [5.74, 6) is -1.04. The Bertz CT molecular complexity index is 1070. The molecule has 0 aromatic heterocycles. The van der Waals surface area contributed by atoms with Gasteiger partial charge in [-0.2, -0.15) is 0 Å². The zero-order valence-electron chi connectivity index (χ0n) is 18.3. The first-order chi connectivity index (χ1) is 15.4. The maximum atomic E-state index is 12.6. The van der Waals surface area contributed by atoms with Crippen molar-refractivity contribution >= 4 is 23.3 Å². The average molecular weight is 430 g/mol. The van der Waals surface area contributed by atoms with Gasteiger partial charge in [0.2, 0.25) is 5.91 Å². The molecule has 3 rings (SSSR count). The first-order valence-corrected chi connectivity index (χ1v) is 10.7. The van der Waals surface area contributed by atoms with Crippen molar-refractivity contribution in [1.82, 2.24) is 0 Å². The second-order valence-corrected chi connectivity index (χ2v) is 7.86. The largest absolute Gasteiger partial charge is 0.454 e. The minimum Gasteiger partial charge on any atom is -0.454 e. The SMILES string of the molecule is CC(C)C(=O)Nc1ccc(C(=O)COC(=O)c2ccccc2CCc2ccccc2)cc1. The van der Waals surface area contributed by atoms with Gasteiger partial charge in [0.05, 0.1) is 5.56 Å². The van der Waals surface area contributed by atoms with Gasteiger partial charge in [-0.25, -0.2) is 4.79 Å². The Labute approximate surface area is 188 Å². The first kappa shape index (κ1) is 22.9. The molecule has 0 aliphatic heterocycles. The van der Waals surface area contributed by atoms with Crippen LogP contribution in [0, 0.1) is 5.92 Å². The molecule has 1 N–H and O–H groups in total. The van der Waals surface area contributed by atoms with E-state index in [0.717, 1.165) is 12.0 Å². The van der Waals surface area contributed by atoms with Gasteiger partial charge in [0.15, 0.2) is 12.4 Å². The number of hydrogen-bond acceptors (Lipinski definition) is 4. The van der Waals surface area contributed by atoms with E-state index in [2.05, 4.69) is 17.4 Å². The monoisotopic (exact) mass is 429 g/mol. The van der Waals surface area contributed by atoms with E-state index in [4.69, 9.17) is 4.74 Å². The van der Waals surface area contributed by atoms with Gasteiger partial charge >= 0.3 is 5.97 Å². The first-order valence-electron chi connectivity index (χ1n) is 10.7. The smallest absolute Gasteiger partial charge is 0.338 e. The van der Waals surface area contributed by atoms with Gasteiger partial charge in [-0.15, -0.1) is 0 Å². The summed E-state index contributed by atoms with van der Waals surface area (Å²) in [6, 6.07) is 23.9. The van der Waals surface area contributed by atoms with E-state index in [1.54, 1.807) is 50.2 Å². The van der Waals surface area contributed by atoms with Crippen molar-refractivity contribution in [2.24, 2.45) is 5.92 Å². The summed E-state index contributed by atoms with van der Waals surface area (Å²) in [4.78, 5) is 36.8. The van der Waals surface area contributed by atoms with Crippen molar-refractivity contribution in [3.8, 4) is 0 Å². The molecular formula is C27H27NO4. The molecule has 3 aromatic carbocycles. The van der Waals surface area contributed by atoms with Crippen molar-refractivity contribution in [3.05, 3.63) is 101 Å². The van der Waals surface area contributed by atoms with Crippen LogP contribution < -0.4 is 5.32 Å². The molecule has 5 nitrogen and oxygen atoms in total. The molecule has 0 saturated carbocycles. The highest BCUT2D eigenvalue weighted by Gasteiger charge is 2.15. The van der Waals surface area contributed by atoms with Crippen molar-refractivity contribution < 1.29 is 19.1 Å². The summed E-state index contributed by atoms with van der Waals surface area (Å²) in [5, 5.41) is 2.77. The highest BCUT2D eigenvalue weighted by atomic mass is 16.5. The summed E-state index contributed by atoms with van der Waals surface area (Å²) in [6.07, 6.45) is 1.51. The Balaban J connectivity index is 1.57. The second-order valence-electron chi connectivity index (χ2n) is 7.86. The van der Waals surface area contributed by atoms with E-state index < -0.39 is 5.97 Å². The highest BCUT2D eigenvalue weighted by molar-refractivity contribution is 6.00. The van der Waals surface area contributed by atoms with Crippen LogP contribution in [0.3, 0.4) is 0 Å². The second kappa shape index (κ2) is 11.0. The van der Waals surface area contributed by atoms with Crippen LogP contribution in [0.5, 0.6) is 0 Å². The third-order valence-electron chi connectivity index (χ3n) is 5.10. The van der Waals surface area contributed by atoms with Crippen LogP contribution in [0.1, 0.15) is 45.7 Å². The summed E-state index contributed by atoms with van der Waals surface area (Å²) >= 11 is 0. The molecule has 164 valence electrons. The molecule has 0 atom stereocenters. The van der Waals surface area contributed by atoms with Crippen LogP contribution in [-0.2, 0) is 22.4 Å². The van der Waals surface area contributed by atoms with E-state index in [1.165, 1.54) is 5.56 Å². The Morgan fingerprint density at radius 1 is 0.812 bits per heavy atom. The molecule has 3 aromatic rings. The van der Waals surface area contributed by atoms with Gasteiger partial charge in [0.1, 0.15) is 0 Å². The van der Waals surface area contributed by atoms with Gasteiger partial charge in [-0.3, -0.25) is 9.59 Å². The van der Waals surface area contributed by atoms with E-state index in [-0.39, 0.29) is 24.2 Å². The average Bonchev–Trinajstić information content (AvgIpc) is 2.82. The fraction of sp³-hybridized carbons (Fsp3) is 0.222. The van der Waals surface area contributed by atoms with Crippen LogP contribution in [0.2, 0.25) is 0 Å². The fourth-order valence-corrected chi connectivity index (χ4v) is 3.18. The Kier molecular flexibility index (Phi) is 7.92. The topological polar surface area (TPSA) is 72.5 Å². The lowest BCUT2D eigenvalue weighted by atomic mass is 10.00. The molecule has 0 aliphatic carbocycles. The summed E-state index contributed by atoms with van der Waals surface area (Å²) in [6.45, 7) is 3.27. The molecule has 0 bridgehead atoms. The minimum atomic E-state index is -0.511. The Morgan fingerprint density at radius 2 is 1.47 bits per heavy atom. The number of benzene rings is 3. The van der Waals surface area contributed by atoms with Crippen molar-refractivity contribution in [2.45, 2.75) is 26.7 Å². The predicted molar refractivity (Wildman–Crippen MR) is 125 cm³/mol. The molecular weight excluding hydrogens is 402 g/mol. The summed E-state index contributed by atoms with van der Waals surface area (Å²) in [5.41, 5.74) is 3.59. The lowest BCUT2D eigenvalue weighted by Gasteiger charge is -2.10. The molecule has 0 radical (unpaired) electrons. The van der Waals surface area contributed by atoms with Crippen molar-refractivity contribution in [1.29, 1.82) is 0 Å². The molecule has 0 aliphatic rings. The van der Waals surface area contributed by atoms with Gasteiger partial charge in [-0.1, -0.05) is 62.4 Å². The van der Waals surface area contributed by atoms with Gasteiger partial charge < -0.3 is 10.1 Å². The molecule has 0 heterocycles. The number of ketones is 1. The van der Waals surface area contributed by atoms with E-state index in [1.807, 2.05) is 30.3 Å².